The van der Waals surface area contributed by atoms with Gasteiger partial charge < -0.3 is 15.5 Å². The van der Waals surface area contributed by atoms with Gasteiger partial charge in [-0.05, 0) is 56.0 Å². The first kappa shape index (κ1) is 19.0. The van der Waals surface area contributed by atoms with Crippen LogP contribution in [0.5, 0.6) is 0 Å². The third-order valence-electron chi connectivity index (χ3n) is 5.05. The fourth-order valence-electron chi connectivity index (χ4n) is 3.54. The van der Waals surface area contributed by atoms with Crippen LogP contribution in [0.3, 0.4) is 0 Å². The molecule has 0 radical (unpaired) electrons. The summed E-state index contributed by atoms with van der Waals surface area (Å²) in [5, 5.41) is 5.86. The molecule has 142 valence electrons. The van der Waals surface area contributed by atoms with Gasteiger partial charge in [-0.25, -0.2) is 4.79 Å². The zero-order chi connectivity index (χ0) is 19.2. The zero-order valence-corrected chi connectivity index (χ0v) is 16.0. The number of likely N-dealkylation sites (tertiary alicyclic amines) is 1. The fraction of sp³-hybridized carbons (Fsp3) is 0.364. The molecule has 0 saturated carbocycles. The molecule has 1 saturated heterocycles. The van der Waals surface area contributed by atoms with E-state index >= 15 is 0 Å². The number of aryl methyl sites for hydroxylation is 1. The molecule has 1 fully saturated rings. The van der Waals surface area contributed by atoms with Crippen LogP contribution < -0.4 is 10.6 Å². The first-order valence-electron chi connectivity index (χ1n) is 9.58. The third-order valence-corrected chi connectivity index (χ3v) is 5.05. The van der Waals surface area contributed by atoms with Crippen LogP contribution in [0.25, 0.3) is 0 Å². The van der Waals surface area contributed by atoms with E-state index in [1.54, 1.807) is 0 Å². The van der Waals surface area contributed by atoms with Gasteiger partial charge in [0.2, 0.25) is 0 Å². The number of benzene rings is 2. The molecule has 2 N–H and O–H groups in total. The standard InChI is InChI=1S/C22H27N3O2/c1-3-23-22(27)25-13-7-11-19(15-25)17-9-6-10-18(14-17)21(26)24-20-12-5-4-8-16(20)2/h4-6,8-10,12,14,19H,3,7,11,13,15H2,1-2H3,(H,23,27)(H,24,26)/t19-/m1/s1. The molecule has 0 aliphatic carbocycles. The molecular formula is C22H27N3O2. The summed E-state index contributed by atoms with van der Waals surface area (Å²) in [6.45, 7) is 6.01. The Balaban J connectivity index is 1.72. The van der Waals surface area contributed by atoms with Crippen LogP contribution in [0, 0.1) is 6.92 Å². The summed E-state index contributed by atoms with van der Waals surface area (Å²) >= 11 is 0. The number of hydrogen-bond acceptors (Lipinski definition) is 2. The number of carbonyl (C=O) groups is 2. The van der Waals surface area contributed by atoms with Gasteiger partial charge in [0.15, 0.2) is 0 Å². The van der Waals surface area contributed by atoms with Crippen molar-refractivity contribution in [3.8, 4) is 0 Å². The largest absolute Gasteiger partial charge is 0.338 e. The van der Waals surface area contributed by atoms with Crippen molar-refractivity contribution in [1.29, 1.82) is 0 Å². The Morgan fingerprint density at radius 2 is 1.96 bits per heavy atom. The lowest BCUT2D eigenvalue weighted by Crippen LogP contribution is -2.44. The number of piperidine rings is 1. The van der Waals surface area contributed by atoms with Crippen LogP contribution in [0.4, 0.5) is 10.5 Å². The lowest BCUT2D eigenvalue weighted by Gasteiger charge is -2.33. The maximum absolute atomic E-state index is 12.7. The normalized spacial score (nSPS) is 16.7. The van der Waals surface area contributed by atoms with Crippen LogP contribution >= 0.6 is 0 Å². The van der Waals surface area contributed by atoms with Crippen molar-refractivity contribution in [2.24, 2.45) is 0 Å². The summed E-state index contributed by atoms with van der Waals surface area (Å²) in [7, 11) is 0. The number of rotatable bonds is 4. The molecule has 0 aromatic heterocycles. The Bertz CT molecular complexity index is 819. The molecule has 27 heavy (non-hydrogen) atoms. The fourth-order valence-corrected chi connectivity index (χ4v) is 3.54. The number of urea groups is 1. The summed E-state index contributed by atoms with van der Waals surface area (Å²) in [6.07, 6.45) is 2.00. The van der Waals surface area contributed by atoms with Gasteiger partial charge in [-0.1, -0.05) is 30.3 Å². The molecule has 0 bridgehead atoms. The van der Waals surface area contributed by atoms with Crippen LogP contribution in [0.15, 0.2) is 48.5 Å². The first-order valence-corrected chi connectivity index (χ1v) is 9.58. The lowest BCUT2D eigenvalue weighted by atomic mass is 9.89. The smallest absolute Gasteiger partial charge is 0.317 e. The Hall–Kier alpha value is -2.82. The Morgan fingerprint density at radius 1 is 1.15 bits per heavy atom. The highest BCUT2D eigenvalue weighted by molar-refractivity contribution is 6.04. The molecular weight excluding hydrogens is 338 g/mol. The van der Waals surface area contributed by atoms with Crippen molar-refractivity contribution >= 4 is 17.6 Å². The SMILES string of the molecule is CCNC(=O)N1CCC[C@@H](c2cccc(C(=O)Nc3ccccc3C)c2)C1. The van der Waals surface area contributed by atoms with Crippen molar-refractivity contribution in [2.75, 3.05) is 25.0 Å². The highest BCUT2D eigenvalue weighted by Crippen LogP contribution is 2.28. The molecule has 2 aromatic carbocycles. The molecule has 3 rings (SSSR count). The van der Waals surface area contributed by atoms with Gasteiger partial charge in [0, 0.05) is 36.8 Å². The van der Waals surface area contributed by atoms with Crippen LogP contribution in [-0.4, -0.2) is 36.5 Å². The van der Waals surface area contributed by atoms with Crippen molar-refractivity contribution < 1.29 is 9.59 Å². The summed E-state index contributed by atoms with van der Waals surface area (Å²) in [4.78, 5) is 26.7. The summed E-state index contributed by atoms with van der Waals surface area (Å²) in [6, 6.07) is 15.5. The summed E-state index contributed by atoms with van der Waals surface area (Å²) in [5.74, 6) is 0.148. The number of para-hydroxylation sites is 1. The number of carbonyl (C=O) groups excluding carboxylic acids is 2. The Labute approximate surface area is 160 Å². The minimum Gasteiger partial charge on any atom is -0.338 e. The van der Waals surface area contributed by atoms with E-state index in [0.29, 0.717) is 18.7 Å². The van der Waals surface area contributed by atoms with E-state index in [4.69, 9.17) is 0 Å². The quantitative estimate of drug-likeness (QED) is 0.855. The van der Waals surface area contributed by atoms with Crippen molar-refractivity contribution in [1.82, 2.24) is 10.2 Å². The molecule has 3 amide bonds. The minimum atomic E-state index is -0.109. The summed E-state index contributed by atoms with van der Waals surface area (Å²) in [5.41, 5.74) is 3.62. The zero-order valence-electron chi connectivity index (χ0n) is 16.0. The highest BCUT2D eigenvalue weighted by atomic mass is 16.2. The van der Waals surface area contributed by atoms with Gasteiger partial charge in [-0.2, -0.15) is 0 Å². The highest BCUT2D eigenvalue weighted by Gasteiger charge is 2.25. The van der Waals surface area contributed by atoms with Gasteiger partial charge >= 0.3 is 6.03 Å². The van der Waals surface area contributed by atoms with E-state index in [-0.39, 0.29) is 17.9 Å². The second-order valence-corrected chi connectivity index (χ2v) is 7.02. The van der Waals surface area contributed by atoms with E-state index in [0.717, 1.165) is 36.2 Å². The van der Waals surface area contributed by atoms with Gasteiger partial charge in [-0.15, -0.1) is 0 Å². The lowest BCUT2D eigenvalue weighted by molar-refractivity contribution is 0.102. The molecule has 0 unspecified atom stereocenters. The number of nitrogens with one attached hydrogen (secondary N) is 2. The van der Waals surface area contributed by atoms with Crippen molar-refractivity contribution in [3.63, 3.8) is 0 Å². The minimum absolute atomic E-state index is 0.00403. The molecule has 0 spiro atoms. The maximum Gasteiger partial charge on any atom is 0.317 e. The van der Waals surface area contributed by atoms with Gasteiger partial charge in [0.05, 0.1) is 0 Å². The van der Waals surface area contributed by atoms with Gasteiger partial charge in [-0.3, -0.25) is 4.79 Å². The Kier molecular flexibility index (Phi) is 6.12. The van der Waals surface area contributed by atoms with E-state index in [1.165, 1.54) is 0 Å². The number of hydrogen-bond donors (Lipinski definition) is 2. The topological polar surface area (TPSA) is 61.4 Å². The molecule has 1 atom stereocenters. The molecule has 1 aliphatic rings. The Morgan fingerprint density at radius 3 is 2.74 bits per heavy atom. The number of anilines is 1. The van der Waals surface area contributed by atoms with Crippen molar-refractivity contribution in [3.05, 3.63) is 65.2 Å². The van der Waals surface area contributed by atoms with Gasteiger partial charge in [0.25, 0.3) is 5.91 Å². The second-order valence-electron chi connectivity index (χ2n) is 7.02. The van der Waals surface area contributed by atoms with Crippen molar-refractivity contribution in [2.45, 2.75) is 32.6 Å². The molecule has 5 heteroatoms. The predicted molar refractivity (Wildman–Crippen MR) is 108 cm³/mol. The first-order chi connectivity index (χ1) is 13.1. The average molecular weight is 365 g/mol. The second kappa shape index (κ2) is 8.71. The summed E-state index contributed by atoms with van der Waals surface area (Å²) < 4.78 is 0. The number of amides is 3. The average Bonchev–Trinajstić information content (AvgIpc) is 2.70. The molecule has 1 heterocycles. The van der Waals surface area contributed by atoms with Crippen LogP contribution in [-0.2, 0) is 0 Å². The maximum atomic E-state index is 12.7. The van der Waals surface area contributed by atoms with Crippen LogP contribution in [0.2, 0.25) is 0 Å². The number of nitrogens with zero attached hydrogens (tertiary/aromatic N) is 1. The monoisotopic (exact) mass is 365 g/mol. The molecule has 5 nitrogen and oxygen atoms in total. The van der Waals surface area contributed by atoms with Crippen LogP contribution in [0.1, 0.15) is 47.2 Å². The molecule has 1 aliphatic heterocycles. The van der Waals surface area contributed by atoms with E-state index < -0.39 is 0 Å². The van der Waals surface area contributed by atoms with E-state index in [1.807, 2.05) is 61.2 Å². The van der Waals surface area contributed by atoms with E-state index in [9.17, 15) is 9.59 Å². The molecule has 2 aromatic rings. The van der Waals surface area contributed by atoms with E-state index in [2.05, 4.69) is 16.7 Å². The van der Waals surface area contributed by atoms with Gasteiger partial charge in [0.1, 0.15) is 0 Å². The predicted octanol–water partition coefficient (Wildman–Crippen LogP) is 4.16. The third kappa shape index (κ3) is 4.67.